The van der Waals surface area contributed by atoms with Gasteiger partial charge in [0.1, 0.15) is 6.10 Å². The van der Waals surface area contributed by atoms with E-state index in [9.17, 15) is 5.11 Å². The molecule has 4 aromatic rings. The molecule has 1 heterocycles. The molecule has 0 spiro atoms. The SMILES string of the molecule is CN(c1ccccc1)c1nnc(C(O)c2ccc3ccccc3c2)s1. The molecule has 1 N–H and O–H groups in total. The van der Waals surface area contributed by atoms with Gasteiger partial charge < -0.3 is 10.0 Å². The van der Waals surface area contributed by atoms with Crippen LogP contribution in [0.3, 0.4) is 0 Å². The van der Waals surface area contributed by atoms with E-state index in [2.05, 4.69) is 16.3 Å². The molecule has 0 bridgehead atoms. The van der Waals surface area contributed by atoms with Crippen molar-refractivity contribution in [2.75, 3.05) is 11.9 Å². The maximum atomic E-state index is 10.7. The summed E-state index contributed by atoms with van der Waals surface area (Å²) >= 11 is 1.40. The standard InChI is InChI=1S/C20H17N3OS/c1-23(17-9-3-2-4-10-17)20-22-21-19(25-20)18(24)16-12-11-14-7-5-6-8-15(14)13-16/h2-13,18,24H,1H3. The summed E-state index contributed by atoms with van der Waals surface area (Å²) in [6.07, 6.45) is -0.778. The summed E-state index contributed by atoms with van der Waals surface area (Å²) in [6, 6.07) is 24.0. The van der Waals surface area contributed by atoms with E-state index in [1.54, 1.807) is 0 Å². The van der Waals surface area contributed by atoms with Gasteiger partial charge in [-0.1, -0.05) is 65.9 Å². The molecule has 1 atom stereocenters. The molecule has 0 fully saturated rings. The number of nitrogens with zero attached hydrogens (tertiary/aromatic N) is 3. The van der Waals surface area contributed by atoms with Gasteiger partial charge in [0.2, 0.25) is 5.13 Å². The number of aromatic nitrogens is 2. The minimum atomic E-state index is -0.778. The smallest absolute Gasteiger partial charge is 0.212 e. The third-order valence-corrected chi connectivity index (χ3v) is 5.24. The summed E-state index contributed by atoms with van der Waals surface area (Å²) in [4.78, 5) is 1.97. The Hall–Kier alpha value is -2.76. The zero-order chi connectivity index (χ0) is 17.2. The van der Waals surface area contributed by atoms with Crippen LogP contribution in [0.25, 0.3) is 10.8 Å². The fourth-order valence-corrected chi connectivity index (χ4v) is 3.60. The first kappa shape index (κ1) is 15.7. The highest BCUT2D eigenvalue weighted by molar-refractivity contribution is 7.15. The highest BCUT2D eigenvalue weighted by Gasteiger charge is 2.18. The lowest BCUT2D eigenvalue weighted by Crippen LogP contribution is -2.08. The first-order chi connectivity index (χ1) is 12.2. The van der Waals surface area contributed by atoms with Gasteiger partial charge in [-0.05, 0) is 34.5 Å². The van der Waals surface area contributed by atoms with Crippen molar-refractivity contribution in [3.05, 3.63) is 83.4 Å². The van der Waals surface area contributed by atoms with Gasteiger partial charge in [0.15, 0.2) is 5.01 Å². The fraction of sp³-hybridized carbons (Fsp3) is 0.100. The van der Waals surface area contributed by atoms with Gasteiger partial charge in [-0.2, -0.15) is 0 Å². The van der Waals surface area contributed by atoms with Gasteiger partial charge in [-0.15, -0.1) is 10.2 Å². The van der Waals surface area contributed by atoms with Crippen LogP contribution in [0.15, 0.2) is 72.8 Å². The van der Waals surface area contributed by atoms with Crippen LogP contribution in [0, 0.1) is 0 Å². The average Bonchev–Trinajstić information content (AvgIpc) is 3.17. The van der Waals surface area contributed by atoms with Crippen LogP contribution < -0.4 is 4.90 Å². The molecule has 0 aliphatic heterocycles. The largest absolute Gasteiger partial charge is 0.381 e. The lowest BCUT2D eigenvalue weighted by molar-refractivity contribution is 0.219. The molecule has 0 amide bonds. The van der Waals surface area contributed by atoms with Crippen LogP contribution in [0.2, 0.25) is 0 Å². The zero-order valence-corrected chi connectivity index (χ0v) is 14.5. The molecule has 4 rings (SSSR count). The van der Waals surface area contributed by atoms with Crippen molar-refractivity contribution in [2.45, 2.75) is 6.10 Å². The summed E-state index contributed by atoms with van der Waals surface area (Å²) in [5, 5.41) is 22.7. The summed E-state index contributed by atoms with van der Waals surface area (Å²) < 4.78 is 0. The highest BCUT2D eigenvalue weighted by atomic mass is 32.1. The number of benzene rings is 3. The van der Waals surface area contributed by atoms with Crippen molar-refractivity contribution in [2.24, 2.45) is 0 Å². The summed E-state index contributed by atoms with van der Waals surface area (Å²) in [7, 11) is 1.95. The third kappa shape index (κ3) is 3.12. The molecular weight excluding hydrogens is 330 g/mol. The van der Waals surface area contributed by atoms with Gasteiger partial charge >= 0.3 is 0 Å². The summed E-state index contributed by atoms with van der Waals surface area (Å²) in [5.41, 5.74) is 1.86. The number of hydrogen-bond acceptors (Lipinski definition) is 5. The van der Waals surface area contributed by atoms with E-state index < -0.39 is 6.10 Å². The Bertz CT molecular complexity index is 1000. The van der Waals surface area contributed by atoms with Crippen LogP contribution >= 0.6 is 11.3 Å². The van der Waals surface area contributed by atoms with E-state index in [-0.39, 0.29) is 0 Å². The summed E-state index contributed by atoms with van der Waals surface area (Å²) in [6.45, 7) is 0. The number of para-hydroxylation sites is 1. The van der Waals surface area contributed by atoms with Gasteiger partial charge in [0.25, 0.3) is 0 Å². The van der Waals surface area contributed by atoms with Crippen molar-refractivity contribution in [3.8, 4) is 0 Å². The molecule has 0 saturated heterocycles. The van der Waals surface area contributed by atoms with Crippen LogP contribution in [0.1, 0.15) is 16.7 Å². The second kappa shape index (κ2) is 6.63. The topological polar surface area (TPSA) is 49.2 Å². The van der Waals surface area contributed by atoms with E-state index in [1.165, 1.54) is 11.3 Å². The minimum absolute atomic E-state index is 0.591. The zero-order valence-electron chi connectivity index (χ0n) is 13.7. The number of hydrogen-bond donors (Lipinski definition) is 1. The molecule has 1 unspecified atom stereocenters. The maximum absolute atomic E-state index is 10.7. The van der Waals surface area contributed by atoms with Gasteiger partial charge in [0, 0.05) is 12.7 Å². The molecular formula is C20H17N3OS. The third-order valence-electron chi connectivity index (χ3n) is 4.18. The highest BCUT2D eigenvalue weighted by Crippen LogP contribution is 2.32. The van der Waals surface area contributed by atoms with Crippen molar-refractivity contribution < 1.29 is 5.11 Å². The Morgan fingerprint density at radius 3 is 2.40 bits per heavy atom. The molecule has 0 saturated carbocycles. The Kier molecular flexibility index (Phi) is 4.17. The van der Waals surface area contributed by atoms with E-state index in [4.69, 9.17) is 0 Å². The Labute approximate surface area is 150 Å². The lowest BCUT2D eigenvalue weighted by atomic mass is 10.0. The van der Waals surface area contributed by atoms with Crippen molar-refractivity contribution >= 4 is 32.9 Å². The van der Waals surface area contributed by atoms with Crippen LogP contribution in [0.4, 0.5) is 10.8 Å². The molecule has 124 valence electrons. The molecule has 3 aromatic carbocycles. The monoisotopic (exact) mass is 347 g/mol. The number of anilines is 2. The molecule has 0 aliphatic carbocycles. The normalized spacial score (nSPS) is 12.2. The molecule has 0 aliphatic rings. The van der Waals surface area contributed by atoms with E-state index in [1.807, 2.05) is 78.7 Å². The molecule has 4 nitrogen and oxygen atoms in total. The van der Waals surface area contributed by atoms with Crippen molar-refractivity contribution in [1.82, 2.24) is 10.2 Å². The summed E-state index contributed by atoms with van der Waals surface area (Å²) in [5.74, 6) is 0. The van der Waals surface area contributed by atoms with Crippen LogP contribution in [-0.2, 0) is 0 Å². The predicted octanol–water partition coefficient (Wildman–Crippen LogP) is 4.54. The molecule has 1 aromatic heterocycles. The second-order valence-electron chi connectivity index (χ2n) is 5.83. The quantitative estimate of drug-likeness (QED) is 0.589. The molecule has 5 heteroatoms. The van der Waals surface area contributed by atoms with E-state index in [0.717, 1.165) is 27.2 Å². The maximum Gasteiger partial charge on any atom is 0.212 e. The lowest BCUT2D eigenvalue weighted by Gasteiger charge is -2.14. The van der Waals surface area contributed by atoms with Crippen molar-refractivity contribution in [3.63, 3.8) is 0 Å². The minimum Gasteiger partial charge on any atom is -0.381 e. The number of fused-ring (bicyclic) bond motifs is 1. The number of rotatable bonds is 4. The van der Waals surface area contributed by atoms with E-state index in [0.29, 0.717) is 5.01 Å². The molecule has 25 heavy (non-hydrogen) atoms. The Balaban J connectivity index is 1.62. The Morgan fingerprint density at radius 1 is 0.880 bits per heavy atom. The van der Waals surface area contributed by atoms with Crippen LogP contribution in [-0.4, -0.2) is 22.4 Å². The average molecular weight is 347 g/mol. The fourth-order valence-electron chi connectivity index (χ4n) is 2.75. The first-order valence-electron chi connectivity index (χ1n) is 8.01. The number of aliphatic hydroxyl groups excluding tert-OH is 1. The van der Waals surface area contributed by atoms with Gasteiger partial charge in [0.05, 0.1) is 0 Å². The van der Waals surface area contributed by atoms with Crippen molar-refractivity contribution in [1.29, 1.82) is 0 Å². The van der Waals surface area contributed by atoms with Gasteiger partial charge in [-0.3, -0.25) is 0 Å². The van der Waals surface area contributed by atoms with Crippen LogP contribution in [0.5, 0.6) is 0 Å². The van der Waals surface area contributed by atoms with Gasteiger partial charge in [-0.25, -0.2) is 0 Å². The first-order valence-corrected chi connectivity index (χ1v) is 8.83. The second-order valence-corrected chi connectivity index (χ2v) is 6.81. The predicted molar refractivity (Wildman–Crippen MR) is 102 cm³/mol. The Morgan fingerprint density at radius 2 is 1.60 bits per heavy atom. The molecule has 0 radical (unpaired) electrons. The van der Waals surface area contributed by atoms with E-state index >= 15 is 0 Å². The number of aliphatic hydroxyl groups is 1.